The quantitative estimate of drug-likeness (QED) is 0.526. The number of anilines is 2. The van der Waals surface area contributed by atoms with Crippen LogP contribution in [0.5, 0.6) is 0 Å². The fourth-order valence-electron chi connectivity index (χ4n) is 4.84. The summed E-state index contributed by atoms with van der Waals surface area (Å²) in [5, 5.41) is 3.72. The standard InChI is InChI=1S/C28H31N5O2S/c1-2-5-22(30-20-8-9-20)25-18-19-11-13-33(24-7-4-3-6-21(24)26(19)36-25)27(34)23-10-12-29-28(31-23)32-14-16-35-17-15-32/h3-7,10,12,18,20,30H,2,8-9,11,13-17H2,1H3/b22-5-. The molecule has 1 saturated heterocycles. The van der Waals surface area contributed by atoms with E-state index in [9.17, 15) is 4.79 Å². The van der Waals surface area contributed by atoms with Crippen LogP contribution in [0.3, 0.4) is 0 Å². The predicted octanol–water partition coefficient (Wildman–Crippen LogP) is 4.75. The molecular formula is C28H31N5O2S. The molecule has 0 unspecified atom stereocenters. The maximum Gasteiger partial charge on any atom is 0.277 e. The molecule has 1 aromatic carbocycles. The Morgan fingerprint density at radius 1 is 1.19 bits per heavy atom. The lowest BCUT2D eigenvalue weighted by Gasteiger charge is -2.27. The number of aromatic nitrogens is 2. The molecule has 1 N–H and O–H groups in total. The van der Waals surface area contributed by atoms with E-state index in [-0.39, 0.29) is 5.91 Å². The number of amides is 1. The zero-order valence-corrected chi connectivity index (χ0v) is 21.4. The van der Waals surface area contributed by atoms with Gasteiger partial charge in [0.15, 0.2) is 0 Å². The van der Waals surface area contributed by atoms with Crippen molar-refractivity contribution in [3.05, 3.63) is 64.8 Å². The Morgan fingerprint density at radius 2 is 2.03 bits per heavy atom. The summed E-state index contributed by atoms with van der Waals surface area (Å²) in [4.78, 5) is 29.4. The Labute approximate surface area is 215 Å². The van der Waals surface area contributed by atoms with E-state index in [2.05, 4.69) is 57.4 Å². The number of morpholine rings is 1. The van der Waals surface area contributed by atoms with Gasteiger partial charge in [0, 0.05) is 48.0 Å². The van der Waals surface area contributed by atoms with Gasteiger partial charge in [0.2, 0.25) is 5.95 Å². The molecule has 1 amide bonds. The number of carbonyl (C=O) groups is 1. The van der Waals surface area contributed by atoms with E-state index in [1.165, 1.54) is 33.9 Å². The monoisotopic (exact) mass is 501 g/mol. The highest BCUT2D eigenvalue weighted by Gasteiger charge is 2.29. The number of allylic oxidation sites excluding steroid dienone is 1. The maximum atomic E-state index is 13.8. The molecule has 7 nitrogen and oxygen atoms in total. The molecule has 1 saturated carbocycles. The van der Waals surface area contributed by atoms with Crippen LogP contribution in [0.2, 0.25) is 0 Å². The third-order valence-electron chi connectivity index (χ3n) is 6.86. The summed E-state index contributed by atoms with van der Waals surface area (Å²) >= 11 is 1.83. The number of para-hydroxylation sites is 1. The lowest BCUT2D eigenvalue weighted by atomic mass is 10.1. The summed E-state index contributed by atoms with van der Waals surface area (Å²) in [5.41, 5.74) is 5.03. The summed E-state index contributed by atoms with van der Waals surface area (Å²) in [5.74, 6) is 0.506. The van der Waals surface area contributed by atoms with Crippen LogP contribution in [0, 0.1) is 0 Å². The van der Waals surface area contributed by atoms with E-state index in [4.69, 9.17) is 4.74 Å². The topological polar surface area (TPSA) is 70.6 Å². The van der Waals surface area contributed by atoms with Gasteiger partial charge >= 0.3 is 0 Å². The van der Waals surface area contributed by atoms with Crippen molar-refractivity contribution < 1.29 is 9.53 Å². The molecule has 2 aromatic heterocycles. The highest BCUT2D eigenvalue weighted by molar-refractivity contribution is 7.16. The van der Waals surface area contributed by atoms with Crippen LogP contribution in [0.15, 0.2) is 48.7 Å². The second-order valence-corrected chi connectivity index (χ2v) is 10.5. The van der Waals surface area contributed by atoms with Crippen LogP contribution in [0.1, 0.15) is 47.1 Å². The largest absolute Gasteiger partial charge is 0.381 e. The lowest BCUT2D eigenvalue weighted by Crippen LogP contribution is -2.38. The summed E-state index contributed by atoms with van der Waals surface area (Å²) in [6, 6.07) is 12.9. The van der Waals surface area contributed by atoms with Crippen LogP contribution >= 0.6 is 11.3 Å². The molecule has 0 spiro atoms. The summed E-state index contributed by atoms with van der Waals surface area (Å²) < 4.78 is 5.45. The normalized spacial score (nSPS) is 17.9. The fourth-order valence-corrected chi connectivity index (χ4v) is 6.09. The van der Waals surface area contributed by atoms with Gasteiger partial charge in [0.25, 0.3) is 5.91 Å². The van der Waals surface area contributed by atoms with Gasteiger partial charge in [-0.1, -0.05) is 31.2 Å². The van der Waals surface area contributed by atoms with Crippen LogP contribution < -0.4 is 15.1 Å². The van der Waals surface area contributed by atoms with Crippen molar-refractivity contribution in [3.63, 3.8) is 0 Å². The molecular weight excluding hydrogens is 470 g/mol. The zero-order valence-electron chi connectivity index (χ0n) is 20.6. The van der Waals surface area contributed by atoms with Crippen LogP contribution in [0.25, 0.3) is 16.1 Å². The van der Waals surface area contributed by atoms with E-state index >= 15 is 0 Å². The minimum Gasteiger partial charge on any atom is -0.381 e. The van der Waals surface area contributed by atoms with Crippen molar-refractivity contribution in [2.24, 2.45) is 0 Å². The molecule has 3 aliphatic rings. The Balaban J connectivity index is 1.32. The third-order valence-corrected chi connectivity index (χ3v) is 8.11. The number of thiophene rings is 1. The summed E-state index contributed by atoms with van der Waals surface area (Å²) in [6.07, 6.45) is 8.29. The molecule has 0 radical (unpaired) electrons. The fraction of sp³-hybridized carbons (Fsp3) is 0.393. The SMILES string of the molecule is CC/C=C(\NC1CC1)c1cc2c(s1)-c1ccccc1N(C(=O)c1ccnc(N3CCOCC3)n1)CC2. The number of fused-ring (bicyclic) bond motifs is 3. The molecule has 0 bridgehead atoms. The van der Waals surface area contributed by atoms with Gasteiger partial charge in [-0.15, -0.1) is 11.3 Å². The Hall–Kier alpha value is -3.23. The first-order valence-electron chi connectivity index (χ1n) is 12.9. The van der Waals surface area contributed by atoms with E-state index in [1.54, 1.807) is 12.3 Å². The van der Waals surface area contributed by atoms with Crippen LogP contribution in [-0.2, 0) is 11.2 Å². The number of hydrogen-bond acceptors (Lipinski definition) is 7. The average Bonchev–Trinajstić information content (AvgIpc) is 3.68. The van der Waals surface area contributed by atoms with Crippen LogP contribution in [-0.4, -0.2) is 54.8 Å². The number of carbonyl (C=O) groups excluding carboxylic acids is 1. The Bertz CT molecular complexity index is 1290. The summed E-state index contributed by atoms with van der Waals surface area (Å²) in [7, 11) is 0. The molecule has 186 valence electrons. The second-order valence-electron chi connectivity index (χ2n) is 9.47. The van der Waals surface area contributed by atoms with Crippen molar-refractivity contribution in [3.8, 4) is 10.4 Å². The van der Waals surface area contributed by atoms with Gasteiger partial charge < -0.3 is 19.9 Å². The number of nitrogens with zero attached hydrogens (tertiary/aromatic N) is 4. The zero-order chi connectivity index (χ0) is 24.5. The second kappa shape index (κ2) is 10.0. The smallest absolute Gasteiger partial charge is 0.277 e. The van der Waals surface area contributed by atoms with Crippen molar-refractivity contribution in [1.82, 2.24) is 15.3 Å². The van der Waals surface area contributed by atoms with Gasteiger partial charge in [0.1, 0.15) is 5.69 Å². The van der Waals surface area contributed by atoms with E-state index in [1.807, 2.05) is 22.3 Å². The van der Waals surface area contributed by atoms with Crippen molar-refractivity contribution in [1.29, 1.82) is 0 Å². The molecule has 0 atom stereocenters. The first-order valence-corrected chi connectivity index (χ1v) is 13.7. The molecule has 8 heteroatoms. The molecule has 2 fully saturated rings. The van der Waals surface area contributed by atoms with Gasteiger partial charge in [-0.3, -0.25) is 4.79 Å². The minimum absolute atomic E-state index is 0.0864. The van der Waals surface area contributed by atoms with Crippen LogP contribution in [0.4, 0.5) is 11.6 Å². The van der Waals surface area contributed by atoms with E-state index < -0.39 is 0 Å². The van der Waals surface area contributed by atoms with E-state index in [0.717, 1.165) is 37.2 Å². The molecule has 2 aliphatic heterocycles. The number of ether oxygens (including phenoxy) is 1. The number of nitrogens with one attached hydrogen (secondary N) is 1. The number of benzene rings is 1. The highest BCUT2D eigenvalue weighted by atomic mass is 32.1. The van der Waals surface area contributed by atoms with Gasteiger partial charge in [-0.25, -0.2) is 9.97 Å². The van der Waals surface area contributed by atoms with Crippen molar-refractivity contribution in [2.75, 3.05) is 42.6 Å². The van der Waals surface area contributed by atoms with Gasteiger partial charge in [0.05, 0.1) is 23.8 Å². The lowest BCUT2D eigenvalue weighted by molar-refractivity contribution is 0.0982. The first kappa shape index (κ1) is 23.2. The average molecular weight is 502 g/mol. The third kappa shape index (κ3) is 4.63. The van der Waals surface area contributed by atoms with Crippen molar-refractivity contribution in [2.45, 2.75) is 38.6 Å². The molecule has 6 rings (SSSR count). The molecule has 3 aromatic rings. The predicted molar refractivity (Wildman–Crippen MR) is 145 cm³/mol. The maximum absolute atomic E-state index is 13.8. The van der Waals surface area contributed by atoms with Gasteiger partial charge in [-0.05, 0) is 49.4 Å². The number of rotatable bonds is 6. The highest BCUT2D eigenvalue weighted by Crippen LogP contribution is 2.43. The van der Waals surface area contributed by atoms with Gasteiger partial charge in [-0.2, -0.15) is 0 Å². The first-order chi connectivity index (χ1) is 17.7. The molecule has 1 aliphatic carbocycles. The minimum atomic E-state index is -0.0864. The Kier molecular flexibility index (Phi) is 6.46. The van der Waals surface area contributed by atoms with Crippen molar-refractivity contribution >= 4 is 34.6 Å². The number of hydrogen-bond donors (Lipinski definition) is 1. The summed E-state index contributed by atoms with van der Waals surface area (Å²) in [6.45, 7) is 5.56. The molecule has 36 heavy (non-hydrogen) atoms. The Morgan fingerprint density at radius 3 is 2.83 bits per heavy atom. The molecule has 4 heterocycles. The van der Waals surface area contributed by atoms with E-state index in [0.29, 0.717) is 37.4 Å².